The lowest BCUT2D eigenvalue weighted by molar-refractivity contribution is -0.146. The van der Waals surface area contributed by atoms with Crippen LogP contribution in [0.1, 0.15) is 52.9 Å². The van der Waals surface area contributed by atoms with Crippen molar-refractivity contribution < 1.29 is 18.3 Å². The maximum Gasteiger partial charge on any atom is 0.401 e. The molecule has 1 aliphatic heterocycles. The molecular formula is C20H37F3N4O. The zero-order valence-electron chi connectivity index (χ0n) is 17.6. The number of halogens is 3. The Morgan fingerprint density at radius 2 is 2.04 bits per heavy atom. The van der Waals surface area contributed by atoms with Gasteiger partial charge in [0, 0.05) is 31.6 Å². The van der Waals surface area contributed by atoms with E-state index in [9.17, 15) is 18.3 Å². The molecule has 8 heteroatoms. The minimum Gasteiger partial charge on any atom is -0.392 e. The first kappa shape index (κ1) is 23.3. The third-order valence-corrected chi connectivity index (χ3v) is 6.16. The van der Waals surface area contributed by atoms with Crippen molar-refractivity contribution in [1.29, 1.82) is 0 Å². The quantitative estimate of drug-likeness (QED) is 0.504. The summed E-state index contributed by atoms with van der Waals surface area (Å²) in [5.74, 6) is 1.03. The second kappa shape index (κ2) is 10.1. The molecule has 0 spiro atoms. The molecule has 3 atom stereocenters. The van der Waals surface area contributed by atoms with E-state index in [1.165, 1.54) is 4.90 Å². The van der Waals surface area contributed by atoms with E-state index in [2.05, 4.69) is 17.1 Å². The third-order valence-electron chi connectivity index (χ3n) is 6.16. The van der Waals surface area contributed by atoms with Gasteiger partial charge in [-0.3, -0.25) is 9.89 Å². The van der Waals surface area contributed by atoms with E-state index < -0.39 is 12.7 Å². The smallest absolute Gasteiger partial charge is 0.392 e. The molecule has 2 aliphatic rings. The summed E-state index contributed by atoms with van der Waals surface area (Å²) in [5, 5.41) is 13.7. The van der Waals surface area contributed by atoms with Crippen molar-refractivity contribution in [3.05, 3.63) is 0 Å². The molecule has 5 nitrogen and oxygen atoms in total. The molecule has 0 aromatic rings. The molecule has 0 radical (unpaired) electrons. The van der Waals surface area contributed by atoms with Crippen LogP contribution < -0.4 is 5.32 Å². The Balaban J connectivity index is 1.95. The fourth-order valence-electron chi connectivity index (χ4n) is 4.35. The number of hydrogen-bond acceptors (Lipinski definition) is 3. The van der Waals surface area contributed by atoms with Gasteiger partial charge in [-0.1, -0.05) is 26.7 Å². The number of likely N-dealkylation sites (tertiary alicyclic amines) is 1. The van der Waals surface area contributed by atoms with E-state index in [1.807, 2.05) is 6.92 Å². The van der Waals surface area contributed by atoms with Crippen LogP contribution in [0, 0.1) is 11.3 Å². The summed E-state index contributed by atoms with van der Waals surface area (Å²) in [5.41, 5.74) is -0.191. The van der Waals surface area contributed by atoms with Crippen LogP contribution >= 0.6 is 0 Å². The molecule has 164 valence electrons. The maximum atomic E-state index is 12.7. The Morgan fingerprint density at radius 3 is 2.64 bits per heavy atom. The average molecular weight is 407 g/mol. The topological polar surface area (TPSA) is 51.1 Å². The van der Waals surface area contributed by atoms with Crippen molar-refractivity contribution in [2.24, 2.45) is 16.3 Å². The predicted molar refractivity (Wildman–Crippen MR) is 106 cm³/mol. The van der Waals surface area contributed by atoms with Gasteiger partial charge in [-0.05, 0) is 38.6 Å². The lowest BCUT2D eigenvalue weighted by Gasteiger charge is -2.37. The fourth-order valence-corrected chi connectivity index (χ4v) is 4.35. The largest absolute Gasteiger partial charge is 0.401 e. The predicted octanol–water partition coefficient (Wildman–Crippen LogP) is 3.10. The summed E-state index contributed by atoms with van der Waals surface area (Å²) in [4.78, 5) is 8.46. The summed E-state index contributed by atoms with van der Waals surface area (Å²) >= 11 is 0. The molecule has 0 bridgehead atoms. The lowest BCUT2D eigenvalue weighted by Crippen LogP contribution is -2.43. The molecule has 28 heavy (non-hydrogen) atoms. The molecular weight excluding hydrogens is 369 g/mol. The highest BCUT2D eigenvalue weighted by Gasteiger charge is 2.36. The number of aliphatic imine (C=N–C) groups is 1. The lowest BCUT2D eigenvalue weighted by atomic mass is 9.73. The Labute approximate surface area is 167 Å². The minimum atomic E-state index is -4.15. The number of hydrogen-bond donors (Lipinski definition) is 2. The number of nitrogens with zero attached hydrogens (tertiary/aromatic N) is 3. The number of guanidine groups is 1. The van der Waals surface area contributed by atoms with Crippen LogP contribution in [-0.2, 0) is 0 Å². The van der Waals surface area contributed by atoms with E-state index in [1.54, 1.807) is 6.92 Å². The molecule has 0 amide bonds. The van der Waals surface area contributed by atoms with Gasteiger partial charge in [0.1, 0.15) is 0 Å². The van der Waals surface area contributed by atoms with Crippen LogP contribution in [0.5, 0.6) is 0 Å². The Kier molecular flexibility index (Phi) is 8.43. The minimum absolute atomic E-state index is 0.191. The molecule has 1 saturated heterocycles. The molecule has 1 saturated carbocycles. The highest BCUT2D eigenvalue weighted by Crippen LogP contribution is 2.36. The van der Waals surface area contributed by atoms with Gasteiger partial charge in [0.05, 0.1) is 19.2 Å². The summed E-state index contributed by atoms with van der Waals surface area (Å²) < 4.78 is 38.1. The summed E-state index contributed by atoms with van der Waals surface area (Å²) in [6.07, 6.45) is 0.403. The zero-order chi connectivity index (χ0) is 20.8. The van der Waals surface area contributed by atoms with Crippen molar-refractivity contribution >= 4 is 5.96 Å². The van der Waals surface area contributed by atoms with E-state index in [0.717, 1.165) is 57.7 Å². The Hall–Kier alpha value is -1.02. The van der Waals surface area contributed by atoms with Crippen LogP contribution in [-0.4, -0.2) is 79.0 Å². The third kappa shape index (κ3) is 6.79. The molecule has 2 fully saturated rings. The highest BCUT2D eigenvalue weighted by molar-refractivity contribution is 5.80. The number of rotatable bonds is 7. The highest BCUT2D eigenvalue weighted by atomic mass is 19.4. The van der Waals surface area contributed by atoms with Crippen LogP contribution in [0.25, 0.3) is 0 Å². The number of nitrogens with one attached hydrogen (secondary N) is 1. The van der Waals surface area contributed by atoms with Gasteiger partial charge in [0.15, 0.2) is 5.96 Å². The van der Waals surface area contributed by atoms with E-state index in [4.69, 9.17) is 4.99 Å². The Morgan fingerprint density at radius 1 is 1.29 bits per heavy atom. The summed E-state index contributed by atoms with van der Waals surface area (Å²) in [6, 6.07) is 0. The van der Waals surface area contributed by atoms with Crippen molar-refractivity contribution in [3.63, 3.8) is 0 Å². The molecule has 2 N–H and O–H groups in total. The van der Waals surface area contributed by atoms with Gasteiger partial charge in [-0.15, -0.1) is 0 Å². The standard InChI is InChI=1S/C20H37F3N4O/c1-4-24-18(25-14-19(3)10-7-6-8-17(19)28)27-11-9-16(13-27)12-26(5-2)15-20(21,22)23/h16-17,28H,4-15H2,1-3H3,(H,24,25). The summed E-state index contributed by atoms with van der Waals surface area (Å²) in [7, 11) is 0. The van der Waals surface area contributed by atoms with E-state index >= 15 is 0 Å². The number of aliphatic hydroxyl groups is 1. The average Bonchev–Trinajstić information content (AvgIpc) is 3.08. The van der Waals surface area contributed by atoms with Crippen molar-refractivity contribution in [3.8, 4) is 0 Å². The summed E-state index contributed by atoms with van der Waals surface area (Å²) in [6.45, 7) is 8.77. The molecule has 2 rings (SSSR count). The maximum absolute atomic E-state index is 12.7. The fraction of sp³-hybridized carbons (Fsp3) is 0.950. The van der Waals surface area contributed by atoms with E-state index in [-0.39, 0.29) is 17.4 Å². The first-order valence-corrected chi connectivity index (χ1v) is 10.7. The second-order valence-corrected chi connectivity index (χ2v) is 8.63. The van der Waals surface area contributed by atoms with Crippen molar-refractivity contribution in [2.45, 2.75) is 65.2 Å². The molecule has 1 aliphatic carbocycles. The zero-order valence-corrected chi connectivity index (χ0v) is 17.6. The van der Waals surface area contributed by atoms with Crippen LogP contribution in [0.15, 0.2) is 4.99 Å². The monoisotopic (exact) mass is 406 g/mol. The van der Waals surface area contributed by atoms with Gasteiger partial charge in [-0.25, -0.2) is 0 Å². The van der Waals surface area contributed by atoms with E-state index in [0.29, 0.717) is 19.6 Å². The molecule has 1 heterocycles. The van der Waals surface area contributed by atoms with Gasteiger partial charge in [0.25, 0.3) is 0 Å². The number of alkyl halides is 3. The normalized spacial score (nSPS) is 29.6. The first-order valence-electron chi connectivity index (χ1n) is 10.7. The van der Waals surface area contributed by atoms with Crippen LogP contribution in [0.2, 0.25) is 0 Å². The van der Waals surface area contributed by atoms with Crippen molar-refractivity contribution in [1.82, 2.24) is 15.1 Å². The van der Waals surface area contributed by atoms with Crippen LogP contribution in [0.4, 0.5) is 13.2 Å². The molecule has 0 aromatic heterocycles. The van der Waals surface area contributed by atoms with Gasteiger partial charge < -0.3 is 15.3 Å². The molecule has 3 unspecified atom stereocenters. The second-order valence-electron chi connectivity index (χ2n) is 8.63. The van der Waals surface area contributed by atoms with Crippen molar-refractivity contribution in [2.75, 3.05) is 45.8 Å². The SMILES string of the molecule is CCNC(=NCC1(C)CCCCC1O)N1CCC(CN(CC)CC(F)(F)F)C1. The van der Waals surface area contributed by atoms with Gasteiger partial charge in [-0.2, -0.15) is 13.2 Å². The Bertz CT molecular complexity index is 514. The number of aliphatic hydroxyl groups excluding tert-OH is 1. The van der Waals surface area contributed by atoms with Gasteiger partial charge in [0.2, 0.25) is 0 Å². The van der Waals surface area contributed by atoms with Gasteiger partial charge >= 0.3 is 6.18 Å². The molecule has 0 aromatic carbocycles. The first-order chi connectivity index (χ1) is 13.2. The van der Waals surface area contributed by atoms with Crippen LogP contribution in [0.3, 0.4) is 0 Å².